The summed E-state index contributed by atoms with van der Waals surface area (Å²) < 4.78 is 0. The van der Waals surface area contributed by atoms with Gasteiger partial charge in [-0.25, -0.2) is 4.98 Å². The maximum atomic E-state index is 12.2. The van der Waals surface area contributed by atoms with Crippen LogP contribution >= 0.6 is 23.7 Å². The van der Waals surface area contributed by atoms with Gasteiger partial charge in [0.25, 0.3) is 0 Å². The van der Waals surface area contributed by atoms with Gasteiger partial charge in [-0.1, -0.05) is 12.8 Å². The first-order valence-corrected chi connectivity index (χ1v) is 7.53. The lowest BCUT2D eigenvalue weighted by Crippen LogP contribution is -2.55. The Labute approximate surface area is 123 Å². The molecule has 0 aromatic carbocycles. The van der Waals surface area contributed by atoms with E-state index in [4.69, 9.17) is 0 Å². The molecule has 19 heavy (non-hydrogen) atoms. The zero-order valence-corrected chi connectivity index (χ0v) is 12.7. The van der Waals surface area contributed by atoms with Crippen LogP contribution in [0.1, 0.15) is 36.4 Å². The van der Waals surface area contributed by atoms with Crippen LogP contribution in [0, 0.1) is 12.8 Å². The van der Waals surface area contributed by atoms with Crippen LogP contribution in [0.4, 0.5) is 0 Å². The molecule has 6 heteroatoms. The van der Waals surface area contributed by atoms with Crippen LogP contribution in [-0.4, -0.2) is 24.0 Å². The summed E-state index contributed by atoms with van der Waals surface area (Å²) in [7, 11) is 0. The minimum atomic E-state index is -0.175. The first kappa shape index (κ1) is 14.8. The molecule has 0 bridgehead atoms. The molecule has 1 saturated heterocycles. The molecular weight excluding hydrogens is 282 g/mol. The first-order chi connectivity index (χ1) is 8.70. The van der Waals surface area contributed by atoms with E-state index in [0.29, 0.717) is 0 Å². The zero-order chi connectivity index (χ0) is 12.6. The van der Waals surface area contributed by atoms with E-state index in [1.807, 2.05) is 6.92 Å². The molecule has 1 aromatic rings. The largest absolute Gasteiger partial charge is 0.344 e. The summed E-state index contributed by atoms with van der Waals surface area (Å²) in [5.74, 6) is 0.354. The molecule has 1 saturated carbocycles. The Morgan fingerprint density at radius 3 is 2.63 bits per heavy atom. The second kappa shape index (κ2) is 5.77. The highest BCUT2D eigenvalue weighted by molar-refractivity contribution is 7.09. The average molecular weight is 302 g/mol. The van der Waals surface area contributed by atoms with E-state index in [0.717, 1.165) is 36.6 Å². The molecular formula is C13H20ClN3OS. The molecule has 1 aliphatic heterocycles. The van der Waals surface area contributed by atoms with Gasteiger partial charge in [-0.05, 0) is 19.8 Å². The number of carbonyl (C=O) groups is 1. The molecule has 0 atom stereocenters. The third-order valence-corrected chi connectivity index (χ3v) is 5.16. The summed E-state index contributed by atoms with van der Waals surface area (Å²) in [6.07, 6.45) is 4.43. The van der Waals surface area contributed by atoms with Gasteiger partial charge in [0.05, 0.1) is 11.5 Å². The van der Waals surface area contributed by atoms with E-state index >= 15 is 0 Å². The van der Waals surface area contributed by atoms with Gasteiger partial charge >= 0.3 is 0 Å². The monoisotopic (exact) mass is 301 g/mol. The summed E-state index contributed by atoms with van der Waals surface area (Å²) in [5.41, 5.74) is 0.881. The van der Waals surface area contributed by atoms with Crippen LogP contribution in [-0.2, 0) is 10.3 Å². The van der Waals surface area contributed by atoms with Gasteiger partial charge < -0.3 is 10.6 Å². The number of thiazole rings is 1. The zero-order valence-electron chi connectivity index (χ0n) is 11.1. The fourth-order valence-electron chi connectivity index (χ4n) is 2.76. The Hall–Kier alpha value is -0.650. The summed E-state index contributed by atoms with van der Waals surface area (Å²) in [6.45, 7) is 3.65. The predicted octanol–water partition coefficient (Wildman–Crippen LogP) is 1.98. The van der Waals surface area contributed by atoms with Crippen LogP contribution in [0.2, 0.25) is 0 Å². The van der Waals surface area contributed by atoms with Gasteiger partial charge in [-0.2, -0.15) is 0 Å². The number of nitrogens with zero attached hydrogens (tertiary/aromatic N) is 1. The summed E-state index contributed by atoms with van der Waals surface area (Å²) in [6, 6.07) is 0. The normalized spacial score (nSPS) is 21.5. The van der Waals surface area contributed by atoms with E-state index in [2.05, 4.69) is 21.0 Å². The number of halogens is 1. The highest BCUT2D eigenvalue weighted by Crippen LogP contribution is 2.40. The molecule has 2 fully saturated rings. The lowest BCUT2D eigenvalue weighted by Gasteiger charge is -2.33. The standard InChI is InChI=1S/C13H19N3OS.ClH/c1-9-8-18-12(15-9)13(4-2-3-5-13)16-11(17)10-6-14-7-10;/h8,10,14H,2-7H2,1H3,(H,16,17);1H. The first-order valence-electron chi connectivity index (χ1n) is 6.65. The van der Waals surface area contributed by atoms with E-state index in [-0.39, 0.29) is 29.8 Å². The SMILES string of the molecule is Cc1csc(C2(NC(=O)C3CNC3)CCCC2)n1.Cl. The van der Waals surface area contributed by atoms with Gasteiger partial charge in [0, 0.05) is 24.2 Å². The number of nitrogens with one attached hydrogen (secondary N) is 2. The van der Waals surface area contributed by atoms with E-state index < -0.39 is 0 Å². The minimum absolute atomic E-state index is 0. The van der Waals surface area contributed by atoms with Crippen molar-refractivity contribution < 1.29 is 4.79 Å². The quantitative estimate of drug-likeness (QED) is 0.897. The molecule has 106 valence electrons. The molecule has 0 unspecified atom stereocenters. The van der Waals surface area contributed by atoms with Crippen molar-refractivity contribution in [3.05, 3.63) is 16.1 Å². The third kappa shape index (κ3) is 2.78. The van der Waals surface area contributed by atoms with Crippen molar-refractivity contribution in [2.75, 3.05) is 13.1 Å². The number of carbonyl (C=O) groups excluding carboxylic acids is 1. The van der Waals surface area contributed by atoms with Gasteiger partial charge in [-0.3, -0.25) is 4.79 Å². The molecule has 1 aromatic heterocycles. The van der Waals surface area contributed by atoms with E-state index in [9.17, 15) is 4.79 Å². The highest BCUT2D eigenvalue weighted by atomic mass is 35.5. The third-order valence-electron chi connectivity index (χ3n) is 4.00. The van der Waals surface area contributed by atoms with Crippen molar-refractivity contribution in [1.82, 2.24) is 15.6 Å². The maximum Gasteiger partial charge on any atom is 0.226 e. The lowest BCUT2D eigenvalue weighted by molar-refractivity contribution is -0.128. The molecule has 2 heterocycles. The molecule has 1 aliphatic carbocycles. The van der Waals surface area contributed by atoms with Crippen LogP contribution in [0.25, 0.3) is 0 Å². The smallest absolute Gasteiger partial charge is 0.226 e. The second-order valence-corrected chi connectivity index (χ2v) is 6.29. The van der Waals surface area contributed by atoms with Gasteiger partial charge in [0.1, 0.15) is 5.01 Å². The second-order valence-electron chi connectivity index (χ2n) is 5.43. The van der Waals surface area contributed by atoms with Crippen molar-refractivity contribution in [3.63, 3.8) is 0 Å². The Balaban J connectivity index is 0.00000133. The van der Waals surface area contributed by atoms with Crippen molar-refractivity contribution >= 4 is 29.7 Å². The predicted molar refractivity (Wildman–Crippen MR) is 78.7 cm³/mol. The van der Waals surface area contributed by atoms with Crippen LogP contribution in [0.15, 0.2) is 5.38 Å². The Morgan fingerprint density at radius 1 is 1.47 bits per heavy atom. The van der Waals surface area contributed by atoms with Crippen LogP contribution in [0.3, 0.4) is 0 Å². The lowest BCUT2D eigenvalue weighted by atomic mass is 9.95. The molecule has 0 spiro atoms. The Morgan fingerprint density at radius 2 is 2.16 bits per heavy atom. The van der Waals surface area contributed by atoms with Crippen LogP contribution in [0.5, 0.6) is 0 Å². The topological polar surface area (TPSA) is 54.0 Å². The van der Waals surface area contributed by atoms with Crippen LogP contribution < -0.4 is 10.6 Å². The number of aryl methyl sites for hydroxylation is 1. The molecule has 2 N–H and O–H groups in total. The van der Waals surface area contributed by atoms with Gasteiger partial charge in [0.15, 0.2) is 0 Å². The minimum Gasteiger partial charge on any atom is -0.344 e. The number of hydrogen-bond donors (Lipinski definition) is 2. The molecule has 0 radical (unpaired) electrons. The summed E-state index contributed by atoms with van der Waals surface area (Å²) in [5, 5.41) is 9.61. The Kier molecular flexibility index (Phi) is 4.48. The number of amides is 1. The fourth-order valence-corrected chi connectivity index (χ4v) is 3.77. The van der Waals surface area contributed by atoms with Crippen molar-refractivity contribution in [2.45, 2.75) is 38.1 Å². The van der Waals surface area contributed by atoms with E-state index in [1.165, 1.54) is 12.8 Å². The molecule has 3 rings (SSSR count). The molecule has 4 nitrogen and oxygen atoms in total. The van der Waals surface area contributed by atoms with Crippen molar-refractivity contribution in [2.24, 2.45) is 5.92 Å². The van der Waals surface area contributed by atoms with Gasteiger partial charge in [0.2, 0.25) is 5.91 Å². The number of rotatable bonds is 3. The molecule has 1 amide bonds. The Bertz CT molecular complexity index is 452. The van der Waals surface area contributed by atoms with Crippen molar-refractivity contribution in [3.8, 4) is 0 Å². The average Bonchev–Trinajstić information content (AvgIpc) is 2.85. The molecule has 2 aliphatic rings. The summed E-state index contributed by atoms with van der Waals surface area (Å²) >= 11 is 1.68. The number of aromatic nitrogens is 1. The summed E-state index contributed by atoms with van der Waals surface area (Å²) in [4.78, 5) is 16.8. The maximum absolute atomic E-state index is 12.2. The van der Waals surface area contributed by atoms with Gasteiger partial charge in [-0.15, -0.1) is 23.7 Å². The fraction of sp³-hybridized carbons (Fsp3) is 0.692. The van der Waals surface area contributed by atoms with E-state index in [1.54, 1.807) is 11.3 Å². The highest BCUT2D eigenvalue weighted by Gasteiger charge is 2.41. The van der Waals surface area contributed by atoms with Crippen molar-refractivity contribution in [1.29, 1.82) is 0 Å². The number of hydrogen-bond acceptors (Lipinski definition) is 4.